The predicted octanol–water partition coefficient (Wildman–Crippen LogP) is 2.95. The van der Waals surface area contributed by atoms with E-state index >= 15 is 0 Å². The van der Waals surface area contributed by atoms with Crippen molar-refractivity contribution < 1.29 is 13.7 Å². The van der Waals surface area contributed by atoms with Gasteiger partial charge < -0.3 is 20.4 Å². The van der Waals surface area contributed by atoms with Gasteiger partial charge in [0.05, 0.1) is 11.2 Å². The summed E-state index contributed by atoms with van der Waals surface area (Å²) in [5.74, 6) is -0.349. The Balaban J connectivity index is 2.38. The highest BCUT2D eigenvalue weighted by Gasteiger charge is 2.52. The topological polar surface area (TPSA) is 56.5 Å². The first-order chi connectivity index (χ1) is 10.6. The lowest BCUT2D eigenvalue weighted by molar-refractivity contribution is 0.00578. The molecule has 1 aromatic rings. The quantitative estimate of drug-likeness (QED) is 0.661. The van der Waals surface area contributed by atoms with E-state index in [1.54, 1.807) is 12.1 Å². The van der Waals surface area contributed by atoms with Gasteiger partial charge in [-0.1, -0.05) is 6.08 Å². The van der Waals surface area contributed by atoms with E-state index in [0.717, 1.165) is 11.0 Å². The predicted molar refractivity (Wildman–Crippen MR) is 93.5 cm³/mol. The summed E-state index contributed by atoms with van der Waals surface area (Å²) < 4.78 is 26.3. The van der Waals surface area contributed by atoms with Crippen molar-refractivity contribution in [2.75, 3.05) is 19.3 Å². The zero-order valence-corrected chi connectivity index (χ0v) is 14.8. The average Bonchev–Trinajstić information content (AvgIpc) is 2.64. The largest absolute Gasteiger partial charge is 0.491 e. The zero-order valence-electron chi connectivity index (χ0n) is 14.8. The second kappa shape index (κ2) is 6.26. The van der Waals surface area contributed by atoms with Crippen LogP contribution in [0.1, 0.15) is 38.8 Å². The molecule has 1 heterocycles. The third kappa shape index (κ3) is 3.60. The van der Waals surface area contributed by atoms with Crippen molar-refractivity contribution in [2.24, 2.45) is 0 Å². The van der Waals surface area contributed by atoms with E-state index < -0.39 is 18.3 Å². The van der Waals surface area contributed by atoms with E-state index in [9.17, 15) is 4.39 Å². The summed E-state index contributed by atoms with van der Waals surface area (Å²) in [4.78, 5) is 0. The SMILES string of the molecule is CNCC(=Cc1cc(C)c(N)cc1F)B1OC(C)(C)C(C)(C)O1. The van der Waals surface area contributed by atoms with Gasteiger partial charge in [0.1, 0.15) is 5.82 Å². The molecule has 3 N–H and O–H groups in total. The van der Waals surface area contributed by atoms with Gasteiger partial charge in [-0.25, -0.2) is 4.39 Å². The summed E-state index contributed by atoms with van der Waals surface area (Å²) in [5.41, 5.74) is 7.51. The first-order valence-corrected chi connectivity index (χ1v) is 7.84. The highest BCUT2D eigenvalue weighted by Crippen LogP contribution is 2.38. The van der Waals surface area contributed by atoms with Crippen LogP contribution in [0.3, 0.4) is 0 Å². The molecular formula is C17H26BFN2O2. The van der Waals surface area contributed by atoms with E-state index in [2.05, 4.69) is 5.32 Å². The maximum Gasteiger partial charge on any atom is 0.491 e. The molecule has 0 atom stereocenters. The fraction of sp³-hybridized carbons (Fsp3) is 0.529. The second-order valence-corrected chi connectivity index (χ2v) is 7.07. The van der Waals surface area contributed by atoms with Gasteiger partial charge in [-0.2, -0.15) is 0 Å². The van der Waals surface area contributed by atoms with Crippen LogP contribution in [0.2, 0.25) is 0 Å². The van der Waals surface area contributed by atoms with Crippen molar-refractivity contribution in [3.8, 4) is 0 Å². The molecule has 2 rings (SSSR count). The highest BCUT2D eigenvalue weighted by atomic mass is 19.1. The van der Waals surface area contributed by atoms with E-state index in [1.807, 2.05) is 41.7 Å². The lowest BCUT2D eigenvalue weighted by Gasteiger charge is -2.32. The van der Waals surface area contributed by atoms with E-state index in [0.29, 0.717) is 17.8 Å². The fourth-order valence-electron chi connectivity index (χ4n) is 2.43. The second-order valence-electron chi connectivity index (χ2n) is 7.07. The summed E-state index contributed by atoms with van der Waals surface area (Å²) in [6.07, 6.45) is 1.78. The first kappa shape index (κ1) is 18.0. The molecule has 1 aromatic carbocycles. The maximum absolute atomic E-state index is 14.2. The van der Waals surface area contributed by atoms with Crippen LogP contribution in [0.5, 0.6) is 0 Å². The Morgan fingerprint density at radius 2 is 1.83 bits per heavy atom. The molecule has 1 fully saturated rings. The van der Waals surface area contributed by atoms with Gasteiger partial charge in [-0.15, -0.1) is 0 Å². The lowest BCUT2D eigenvalue weighted by Crippen LogP contribution is -2.41. The van der Waals surface area contributed by atoms with Gasteiger partial charge in [0.15, 0.2) is 0 Å². The molecular weight excluding hydrogens is 294 g/mol. The van der Waals surface area contributed by atoms with Crippen LogP contribution in [0.4, 0.5) is 10.1 Å². The van der Waals surface area contributed by atoms with Crippen molar-refractivity contribution in [3.63, 3.8) is 0 Å². The zero-order chi connectivity index (χ0) is 17.4. The fourth-order valence-corrected chi connectivity index (χ4v) is 2.43. The van der Waals surface area contributed by atoms with Crippen LogP contribution in [-0.4, -0.2) is 31.9 Å². The van der Waals surface area contributed by atoms with Gasteiger partial charge in [-0.05, 0) is 64.8 Å². The molecule has 6 heteroatoms. The minimum atomic E-state index is -0.510. The van der Waals surface area contributed by atoms with Crippen molar-refractivity contribution in [3.05, 3.63) is 34.5 Å². The summed E-state index contributed by atoms with van der Waals surface area (Å²) in [7, 11) is 1.33. The Labute approximate surface area is 138 Å². The normalized spacial score (nSPS) is 20.1. The molecule has 126 valence electrons. The van der Waals surface area contributed by atoms with Gasteiger partial charge in [0.25, 0.3) is 0 Å². The number of anilines is 1. The van der Waals surface area contributed by atoms with E-state index in [1.165, 1.54) is 6.07 Å². The molecule has 0 aromatic heterocycles. The van der Waals surface area contributed by atoms with Crippen LogP contribution >= 0.6 is 0 Å². The summed E-state index contributed by atoms with van der Waals surface area (Å²) >= 11 is 0. The number of hydrogen-bond acceptors (Lipinski definition) is 4. The number of benzene rings is 1. The molecule has 0 spiro atoms. The number of aryl methyl sites for hydroxylation is 1. The molecule has 0 bridgehead atoms. The molecule has 1 aliphatic rings. The molecule has 0 unspecified atom stereocenters. The average molecular weight is 320 g/mol. The van der Waals surface area contributed by atoms with Crippen LogP contribution in [0.15, 0.2) is 17.6 Å². The molecule has 4 nitrogen and oxygen atoms in total. The molecule has 0 amide bonds. The number of halogens is 1. The smallest absolute Gasteiger partial charge is 0.400 e. The summed E-state index contributed by atoms with van der Waals surface area (Å²) in [6, 6.07) is 3.09. The van der Waals surface area contributed by atoms with Crippen LogP contribution in [-0.2, 0) is 9.31 Å². The standard InChI is InChI=1S/C17H26BFN2O2/c1-11-7-12(14(19)9-15(11)20)8-13(10-21-6)18-22-16(2,3)17(4,5)23-18/h7-9,21H,10,20H2,1-6H3. The van der Waals surface area contributed by atoms with Crippen molar-refractivity contribution in [2.45, 2.75) is 45.8 Å². The maximum atomic E-state index is 14.2. The molecule has 0 aliphatic carbocycles. The number of rotatable bonds is 4. The molecule has 23 heavy (non-hydrogen) atoms. The monoisotopic (exact) mass is 320 g/mol. The Bertz CT molecular complexity index is 613. The van der Waals surface area contributed by atoms with E-state index in [-0.39, 0.29) is 5.82 Å². The van der Waals surface area contributed by atoms with Gasteiger partial charge in [-0.3, -0.25) is 0 Å². The number of nitrogens with two attached hydrogens (primary N) is 1. The third-order valence-electron chi connectivity index (χ3n) is 4.66. The number of hydrogen-bond donors (Lipinski definition) is 2. The summed E-state index contributed by atoms with van der Waals surface area (Å²) in [5, 5.41) is 3.09. The minimum absolute atomic E-state index is 0.349. The number of nitrogens with one attached hydrogen (secondary N) is 1. The Hall–Kier alpha value is -1.37. The Morgan fingerprint density at radius 3 is 2.35 bits per heavy atom. The number of nitrogen functional groups attached to an aromatic ring is 1. The summed E-state index contributed by atoms with van der Waals surface area (Å²) in [6.45, 7) is 10.4. The van der Waals surface area contributed by atoms with Crippen molar-refractivity contribution >= 4 is 18.9 Å². The molecule has 0 saturated carbocycles. The Kier molecular flexibility index (Phi) is 4.90. The van der Waals surface area contributed by atoms with Gasteiger partial charge >= 0.3 is 7.12 Å². The molecule has 1 aliphatic heterocycles. The third-order valence-corrected chi connectivity index (χ3v) is 4.66. The van der Waals surface area contributed by atoms with Gasteiger partial charge in [0.2, 0.25) is 0 Å². The van der Waals surface area contributed by atoms with Crippen molar-refractivity contribution in [1.29, 1.82) is 0 Å². The van der Waals surface area contributed by atoms with Gasteiger partial charge in [0, 0.05) is 17.8 Å². The minimum Gasteiger partial charge on any atom is -0.400 e. The van der Waals surface area contributed by atoms with Crippen LogP contribution in [0.25, 0.3) is 6.08 Å². The Morgan fingerprint density at radius 1 is 1.26 bits per heavy atom. The molecule has 0 radical (unpaired) electrons. The first-order valence-electron chi connectivity index (χ1n) is 7.84. The number of likely N-dealkylation sites (N-methyl/N-ethyl adjacent to an activating group) is 1. The molecule has 1 saturated heterocycles. The highest BCUT2D eigenvalue weighted by molar-refractivity contribution is 6.55. The van der Waals surface area contributed by atoms with Crippen LogP contribution in [0, 0.1) is 12.7 Å². The van der Waals surface area contributed by atoms with Crippen molar-refractivity contribution in [1.82, 2.24) is 5.32 Å². The van der Waals surface area contributed by atoms with Crippen LogP contribution < -0.4 is 11.1 Å². The lowest BCUT2D eigenvalue weighted by atomic mass is 9.77. The van der Waals surface area contributed by atoms with E-state index in [4.69, 9.17) is 15.0 Å².